The van der Waals surface area contributed by atoms with Crippen LogP contribution in [0.25, 0.3) is 0 Å². The fourth-order valence-corrected chi connectivity index (χ4v) is 4.71. The zero-order valence-corrected chi connectivity index (χ0v) is 15.7. The minimum atomic E-state index is -4.29. The minimum Gasteiger partial charge on any atom is -0.210 e. The molecule has 2 rings (SSSR count). The van der Waals surface area contributed by atoms with Gasteiger partial charge in [0, 0.05) is 28.1 Å². The van der Waals surface area contributed by atoms with Crippen molar-refractivity contribution in [2.75, 3.05) is 12.3 Å². The van der Waals surface area contributed by atoms with Gasteiger partial charge in [0.1, 0.15) is 4.90 Å². The molecule has 0 unspecified atom stereocenters. The molecular formula is C15H12Cl2F3NO2S2. The van der Waals surface area contributed by atoms with Crippen LogP contribution in [0.3, 0.4) is 0 Å². The van der Waals surface area contributed by atoms with Crippen molar-refractivity contribution in [2.45, 2.75) is 10.6 Å². The number of rotatable bonds is 7. The summed E-state index contributed by atoms with van der Waals surface area (Å²) in [5, 5.41) is 1.01. The molecule has 2 aromatic carbocycles. The molecule has 0 aliphatic carbocycles. The second kappa shape index (κ2) is 8.64. The van der Waals surface area contributed by atoms with Crippen LogP contribution in [0.4, 0.5) is 13.2 Å². The van der Waals surface area contributed by atoms with E-state index in [2.05, 4.69) is 4.72 Å². The Labute approximate surface area is 157 Å². The molecule has 25 heavy (non-hydrogen) atoms. The standard InChI is InChI=1S/C15H12Cl2F3NO2S2/c16-10-2-1-3-11(17)9(10)8-24-7-6-21-25(22,23)13-5-4-12(18)14(19)15(13)20/h1-5,21H,6-8H2. The summed E-state index contributed by atoms with van der Waals surface area (Å²) in [4.78, 5) is -0.939. The van der Waals surface area contributed by atoms with Gasteiger partial charge in [-0.05, 0) is 29.8 Å². The summed E-state index contributed by atoms with van der Waals surface area (Å²) in [6.45, 7) is -0.0342. The predicted molar refractivity (Wildman–Crippen MR) is 94.1 cm³/mol. The molecule has 1 N–H and O–H groups in total. The molecule has 0 saturated heterocycles. The van der Waals surface area contributed by atoms with Crippen molar-refractivity contribution in [1.82, 2.24) is 4.72 Å². The lowest BCUT2D eigenvalue weighted by Crippen LogP contribution is -2.27. The maximum atomic E-state index is 13.6. The van der Waals surface area contributed by atoms with Gasteiger partial charge in [0.2, 0.25) is 10.0 Å². The van der Waals surface area contributed by atoms with Crippen molar-refractivity contribution >= 4 is 45.0 Å². The van der Waals surface area contributed by atoms with Crippen LogP contribution in [-0.4, -0.2) is 20.7 Å². The van der Waals surface area contributed by atoms with Crippen molar-refractivity contribution in [2.24, 2.45) is 0 Å². The molecule has 0 amide bonds. The molecule has 0 spiro atoms. The monoisotopic (exact) mass is 429 g/mol. The molecule has 0 aromatic heterocycles. The summed E-state index contributed by atoms with van der Waals surface area (Å²) in [6, 6.07) is 6.33. The molecule has 3 nitrogen and oxygen atoms in total. The van der Waals surface area contributed by atoms with Gasteiger partial charge >= 0.3 is 0 Å². The molecule has 0 bridgehead atoms. The van der Waals surface area contributed by atoms with Gasteiger partial charge < -0.3 is 0 Å². The van der Waals surface area contributed by atoms with Crippen LogP contribution >= 0.6 is 35.0 Å². The molecule has 0 heterocycles. The van der Waals surface area contributed by atoms with Crippen LogP contribution in [0.5, 0.6) is 0 Å². The molecule has 0 saturated carbocycles. The van der Waals surface area contributed by atoms with E-state index in [0.717, 1.165) is 5.56 Å². The zero-order valence-electron chi connectivity index (χ0n) is 12.5. The highest BCUT2D eigenvalue weighted by atomic mass is 35.5. The number of sulfonamides is 1. The van der Waals surface area contributed by atoms with Gasteiger partial charge in [-0.1, -0.05) is 29.3 Å². The Hall–Kier alpha value is -0.930. The highest BCUT2D eigenvalue weighted by Crippen LogP contribution is 2.28. The van der Waals surface area contributed by atoms with Crippen molar-refractivity contribution in [3.05, 3.63) is 63.4 Å². The van der Waals surface area contributed by atoms with Gasteiger partial charge in [0.05, 0.1) is 0 Å². The maximum Gasteiger partial charge on any atom is 0.243 e. The van der Waals surface area contributed by atoms with E-state index in [1.165, 1.54) is 11.8 Å². The van der Waals surface area contributed by atoms with E-state index in [-0.39, 0.29) is 6.54 Å². The average Bonchev–Trinajstić information content (AvgIpc) is 2.54. The SMILES string of the molecule is O=S(=O)(NCCSCc1c(Cl)cccc1Cl)c1ccc(F)c(F)c1F. The summed E-state index contributed by atoms with van der Waals surface area (Å²) in [6.07, 6.45) is 0. The second-order valence-electron chi connectivity index (χ2n) is 4.82. The molecule has 0 aliphatic heterocycles. The van der Waals surface area contributed by atoms with Crippen molar-refractivity contribution in [3.63, 3.8) is 0 Å². The third kappa shape index (κ3) is 5.04. The summed E-state index contributed by atoms with van der Waals surface area (Å²) in [7, 11) is -4.29. The van der Waals surface area contributed by atoms with Crippen LogP contribution in [0, 0.1) is 17.5 Å². The number of hydrogen-bond acceptors (Lipinski definition) is 3. The van der Waals surface area contributed by atoms with E-state index >= 15 is 0 Å². The Kier molecular flexibility index (Phi) is 7.04. The first-order valence-corrected chi connectivity index (χ1v) is 10.3. The maximum absolute atomic E-state index is 13.6. The number of hydrogen-bond donors (Lipinski definition) is 1. The smallest absolute Gasteiger partial charge is 0.210 e. The van der Waals surface area contributed by atoms with Crippen LogP contribution in [0.1, 0.15) is 5.56 Å². The van der Waals surface area contributed by atoms with Gasteiger partial charge in [-0.15, -0.1) is 0 Å². The fraction of sp³-hybridized carbons (Fsp3) is 0.200. The number of nitrogens with one attached hydrogen (secondary N) is 1. The molecule has 0 atom stereocenters. The highest BCUT2D eigenvalue weighted by molar-refractivity contribution is 7.98. The van der Waals surface area contributed by atoms with E-state index in [4.69, 9.17) is 23.2 Å². The second-order valence-corrected chi connectivity index (χ2v) is 8.48. The molecule has 0 fully saturated rings. The Balaban J connectivity index is 1.92. The predicted octanol–water partition coefficient (Wildman–Crippen LogP) is 4.62. The summed E-state index contributed by atoms with van der Waals surface area (Å²) in [5.41, 5.74) is 0.727. The summed E-state index contributed by atoms with van der Waals surface area (Å²) in [5.74, 6) is -4.23. The minimum absolute atomic E-state index is 0.0342. The number of benzene rings is 2. The van der Waals surface area contributed by atoms with Gasteiger partial charge in [-0.25, -0.2) is 26.3 Å². The molecule has 2 aromatic rings. The quantitative estimate of drug-likeness (QED) is 0.515. The Morgan fingerprint density at radius 1 is 1.00 bits per heavy atom. The normalized spacial score (nSPS) is 11.7. The van der Waals surface area contributed by atoms with Gasteiger partial charge in [-0.3, -0.25) is 0 Å². The van der Waals surface area contributed by atoms with Crippen LogP contribution in [0.15, 0.2) is 35.2 Å². The van der Waals surface area contributed by atoms with E-state index in [9.17, 15) is 21.6 Å². The summed E-state index contributed by atoms with van der Waals surface area (Å²) >= 11 is 13.4. The van der Waals surface area contributed by atoms with Gasteiger partial charge in [-0.2, -0.15) is 11.8 Å². The summed E-state index contributed by atoms with van der Waals surface area (Å²) < 4.78 is 65.7. The van der Waals surface area contributed by atoms with E-state index in [1.54, 1.807) is 18.2 Å². The van der Waals surface area contributed by atoms with E-state index in [1.807, 2.05) is 0 Å². The largest absolute Gasteiger partial charge is 0.243 e. The van der Waals surface area contributed by atoms with Gasteiger partial charge in [0.25, 0.3) is 0 Å². The third-order valence-electron chi connectivity index (χ3n) is 3.14. The molecule has 10 heteroatoms. The lowest BCUT2D eigenvalue weighted by atomic mass is 10.2. The Morgan fingerprint density at radius 2 is 1.64 bits per heavy atom. The topological polar surface area (TPSA) is 46.2 Å². The first-order chi connectivity index (χ1) is 11.7. The van der Waals surface area contributed by atoms with E-state index < -0.39 is 32.4 Å². The highest BCUT2D eigenvalue weighted by Gasteiger charge is 2.23. The first-order valence-electron chi connectivity index (χ1n) is 6.88. The Bertz CT molecular complexity index is 859. The molecule has 136 valence electrons. The molecule has 0 radical (unpaired) electrons. The van der Waals surface area contributed by atoms with Gasteiger partial charge in [0.15, 0.2) is 17.5 Å². The zero-order chi connectivity index (χ0) is 18.6. The van der Waals surface area contributed by atoms with Crippen molar-refractivity contribution in [3.8, 4) is 0 Å². The first kappa shape index (κ1) is 20.4. The molecule has 0 aliphatic rings. The average molecular weight is 430 g/mol. The lowest BCUT2D eigenvalue weighted by molar-refractivity contribution is 0.431. The molecular weight excluding hydrogens is 418 g/mol. The third-order valence-corrected chi connectivity index (χ3v) is 6.31. The van der Waals surface area contributed by atoms with Crippen molar-refractivity contribution < 1.29 is 21.6 Å². The van der Waals surface area contributed by atoms with Crippen LogP contribution in [-0.2, 0) is 15.8 Å². The number of thioether (sulfide) groups is 1. The fourth-order valence-electron chi connectivity index (χ4n) is 1.89. The lowest BCUT2D eigenvalue weighted by Gasteiger charge is -2.09. The Morgan fingerprint density at radius 3 is 2.28 bits per heavy atom. The van der Waals surface area contributed by atoms with Crippen molar-refractivity contribution in [1.29, 1.82) is 0 Å². The number of halogens is 5. The van der Waals surface area contributed by atoms with Crippen LogP contribution in [0.2, 0.25) is 10.0 Å². The van der Waals surface area contributed by atoms with Crippen LogP contribution < -0.4 is 4.72 Å². The van der Waals surface area contributed by atoms with E-state index in [0.29, 0.717) is 33.7 Å².